The highest BCUT2D eigenvalue weighted by Crippen LogP contribution is 2.10. The molecule has 0 atom stereocenters. The van der Waals surface area contributed by atoms with Gasteiger partial charge in [0.15, 0.2) is 0 Å². The monoisotopic (exact) mass is 324 g/mol. The van der Waals surface area contributed by atoms with E-state index in [2.05, 4.69) is 29.7 Å². The Morgan fingerprint density at radius 1 is 0.739 bits per heavy atom. The summed E-state index contributed by atoms with van der Waals surface area (Å²) in [5.41, 5.74) is 0. The van der Waals surface area contributed by atoms with Crippen LogP contribution in [-0.2, 0) is 9.59 Å². The minimum atomic E-state index is -0.574. The van der Waals surface area contributed by atoms with Gasteiger partial charge in [0, 0.05) is 13.6 Å². The van der Waals surface area contributed by atoms with Gasteiger partial charge in [0.05, 0.1) is 0 Å². The zero-order valence-corrected chi connectivity index (χ0v) is 15.2. The standard InChI is InChI=1S/C19H36N2O2/c1-3-4-5-6-7-8-9-10-11-12-13-14-15-16-17-21-19(23)18(22)20-2/h12-13H,3-11,14-17H2,1-2H3,(H,20,22)(H,21,23). The number of unbranched alkanes of at least 4 members (excludes halogenated alkanes) is 10. The van der Waals surface area contributed by atoms with Gasteiger partial charge in [-0.2, -0.15) is 0 Å². The molecule has 0 aromatic rings. The molecule has 2 amide bonds. The van der Waals surface area contributed by atoms with Crippen molar-refractivity contribution in [2.75, 3.05) is 13.6 Å². The van der Waals surface area contributed by atoms with E-state index in [4.69, 9.17) is 0 Å². The molecule has 134 valence electrons. The van der Waals surface area contributed by atoms with E-state index in [1.54, 1.807) is 0 Å². The summed E-state index contributed by atoms with van der Waals surface area (Å²) >= 11 is 0. The predicted molar refractivity (Wildman–Crippen MR) is 97.3 cm³/mol. The minimum absolute atomic E-state index is 0.544. The lowest BCUT2D eigenvalue weighted by Gasteiger charge is -2.02. The van der Waals surface area contributed by atoms with Crippen LogP contribution in [0.1, 0.15) is 84.0 Å². The lowest BCUT2D eigenvalue weighted by atomic mass is 10.1. The van der Waals surface area contributed by atoms with Gasteiger partial charge in [-0.05, 0) is 32.1 Å². The van der Waals surface area contributed by atoms with E-state index in [0.717, 1.165) is 19.3 Å². The Hall–Kier alpha value is -1.32. The molecule has 0 fully saturated rings. The van der Waals surface area contributed by atoms with Gasteiger partial charge >= 0.3 is 11.8 Å². The Bertz CT molecular complexity index is 327. The molecule has 4 nitrogen and oxygen atoms in total. The molecule has 0 aliphatic carbocycles. The summed E-state index contributed by atoms with van der Waals surface area (Å²) in [6.07, 6.45) is 19.6. The van der Waals surface area contributed by atoms with Crippen LogP contribution in [0.4, 0.5) is 0 Å². The Morgan fingerprint density at radius 3 is 1.83 bits per heavy atom. The Morgan fingerprint density at radius 2 is 1.26 bits per heavy atom. The van der Waals surface area contributed by atoms with Crippen LogP contribution < -0.4 is 10.6 Å². The van der Waals surface area contributed by atoms with E-state index in [0.29, 0.717) is 6.54 Å². The summed E-state index contributed by atoms with van der Waals surface area (Å²) in [6, 6.07) is 0. The highest BCUT2D eigenvalue weighted by molar-refractivity contribution is 6.34. The first kappa shape index (κ1) is 21.7. The number of hydrogen-bond donors (Lipinski definition) is 2. The van der Waals surface area contributed by atoms with Crippen LogP contribution >= 0.6 is 0 Å². The number of amides is 2. The van der Waals surface area contributed by atoms with Crippen molar-refractivity contribution in [2.45, 2.75) is 84.0 Å². The average Bonchev–Trinajstić information content (AvgIpc) is 2.57. The largest absolute Gasteiger partial charge is 0.351 e. The number of carbonyl (C=O) groups is 2. The van der Waals surface area contributed by atoms with Gasteiger partial charge in [-0.25, -0.2) is 0 Å². The van der Waals surface area contributed by atoms with Crippen molar-refractivity contribution in [1.29, 1.82) is 0 Å². The first-order valence-corrected chi connectivity index (χ1v) is 9.37. The lowest BCUT2D eigenvalue weighted by molar-refractivity contribution is -0.138. The number of hydrogen-bond acceptors (Lipinski definition) is 2. The third-order valence-electron chi connectivity index (χ3n) is 3.91. The van der Waals surface area contributed by atoms with Crippen molar-refractivity contribution in [3.63, 3.8) is 0 Å². The van der Waals surface area contributed by atoms with E-state index in [1.807, 2.05) is 0 Å². The Labute approximate surface area is 142 Å². The quantitative estimate of drug-likeness (QED) is 0.287. The Balaban J connectivity index is 3.23. The van der Waals surface area contributed by atoms with E-state index >= 15 is 0 Å². The zero-order chi connectivity index (χ0) is 17.2. The molecule has 0 saturated carbocycles. The minimum Gasteiger partial charge on any atom is -0.351 e. The summed E-state index contributed by atoms with van der Waals surface area (Å²) in [5, 5.41) is 4.91. The van der Waals surface area contributed by atoms with Crippen LogP contribution in [0.3, 0.4) is 0 Å². The number of likely N-dealkylation sites (N-methyl/N-ethyl adjacent to an activating group) is 1. The van der Waals surface area contributed by atoms with Crippen LogP contribution in [0, 0.1) is 0 Å². The first-order chi connectivity index (χ1) is 11.2. The fourth-order valence-electron chi connectivity index (χ4n) is 2.41. The summed E-state index contributed by atoms with van der Waals surface area (Å²) in [6.45, 7) is 2.82. The van der Waals surface area contributed by atoms with Crippen LogP contribution in [-0.4, -0.2) is 25.4 Å². The molecule has 0 rings (SSSR count). The summed E-state index contributed by atoms with van der Waals surface area (Å²) in [7, 11) is 1.46. The lowest BCUT2D eigenvalue weighted by Crippen LogP contribution is -2.38. The third kappa shape index (κ3) is 15.4. The zero-order valence-electron chi connectivity index (χ0n) is 15.2. The van der Waals surface area contributed by atoms with Gasteiger partial charge in [-0.3, -0.25) is 9.59 Å². The van der Waals surface area contributed by atoms with Crippen molar-refractivity contribution in [3.8, 4) is 0 Å². The van der Waals surface area contributed by atoms with Crippen LogP contribution in [0.15, 0.2) is 12.2 Å². The summed E-state index contributed by atoms with van der Waals surface area (Å²) in [5.74, 6) is -1.12. The molecule has 0 aromatic carbocycles. The fraction of sp³-hybridized carbons (Fsp3) is 0.789. The Kier molecular flexibility index (Phi) is 16.1. The topological polar surface area (TPSA) is 58.2 Å². The van der Waals surface area contributed by atoms with Crippen molar-refractivity contribution in [3.05, 3.63) is 12.2 Å². The van der Waals surface area contributed by atoms with E-state index in [1.165, 1.54) is 64.8 Å². The highest BCUT2D eigenvalue weighted by atomic mass is 16.2. The molecule has 0 aromatic heterocycles. The van der Waals surface area contributed by atoms with E-state index in [-0.39, 0.29) is 0 Å². The van der Waals surface area contributed by atoms with Crippen molar-refractivity contribution < 1.29 is 9.59 Å². The van der Waals surface area contributed by atoms with E-state index < -0.39 is 11.8 Å². The molecule has 0 aliphatic rings. The summed E-state index contributed by atoms with van der Waals surface area (Å²) in [4.78, 5) is 22.1. The SMILES string of the molecule is CCCCCCCCCCC=CCCCCNC(=O)C(=O)NC. The molecule has 0 heterocycles. The third-order valence-corrected chi connectivity index (χ3v) is 3.91. The fourth-order valence-corrected chi connectivity index (χ4v) is 2.41. The van der Waals surface area contributed by atoms with Crippen molar-refractivity contribution >= 4 is 11.8 Å². The van der Waals surface area contributed by atoms with Gasteiger partial charge in [-0.1, -0.05) is 64.0 Å². The van der Waals surface area contributed by atoms with Gasteiger partial charge < -0.3 is 10.6 Å². The highest BCUT2D eigenvalue weighted by Gasteiger charge is 2.08. The molecular formula is C19H36N2O2. The van der Waals surface area contributed by atoms with Crippen LogP contribution in [0.25, 0.3) is 0 Å². The van der Waals surface area contributed by atoms with Crippen molar-refractivity contribution in [1.82, 2.24) is 10.6 Å². The van der Waals surface area contributed by atoms with Gasteiger partial charge in [0.25, 0.3) is 0 Å². The number of nitrogens with one attached hydrogen (secondary N) is 2. The molecular weight excluding hydrogens is 288 g/mol. The first-order valence-electron chi connectivity index (χ1n) is 9.37. The second-order valence-electron chi connectivity index (χ2n) is 6.07. The molecule has 0 bridgehead atoms. The molecule has 0 unspecified atom stereocenters. The van der Waals surface area contributed by atoms with Gasteiger partial charge in [0.1, 0.15) is 0 Å². The molecule has 23 heavy (non-hydrogen) atoms. The average molecular weight is 325 g/mol. The smallest absolute Gasteiger partial charge is 0.309 e. The number of carbonyl (C=O) groups excluding carboxylic acids is 2. The van der Waals surface area contributed by atoms with E-state index in [9.17, 15) is 9.59 Å². The molecule has 2 N–H and O–H groups in total. The maximum atomic E-state index is 11.2. The predicted octanol–water partition coefficient (Wildman–Crippen LogP) is 4.11. The van der Waals surface area contributed by atoms with Crippen LogP contribution in [0.2, 0.25) is 0 Å². The molecule has 0 saturated heterocycles. The van der Waals surface area contributed by atoms with Crippen molar-refractivity contribution in [2.24, 2.45) is 0 Å². The second kappa shape index (κ2) is 17.0. The molecule has 4 heteroatoms. The maximum absolute atomic E-state index is 11.2. The molecule has 0 aliphatic heterocycles. The number of rotatable bonds is 14. The summed E-state index contributed by atoms with van der Waals surface area (Å²) < 4.78 is 0. The second-order valence-corrected chi connectivity index (χ2v) is 6.07. The van der Waals surface area contributed by atoms with Crippen LogP contribution in [0.5, 0.6) is 0 Å². The molecule has 0 spiro atoms. The van der Waals surface area contributed by atoms with Gasteiger partial charge in [0.2, 0.25) is 0 Å². The maximum Gasteiger partial charge on any atom is 0.309 e. The van der Waals surface area contributed by atoms with Gasteiger partial charge in [-0.15, -0.1) is 0 Å². The normalized spacial score (nSPS) is 10.9. The molecule has 0 radical (unpaired) electrons. The number of allylic oxidation sites excluding steroid dienone is 2.